The van der Waals surface area contributed by atoms with E-state index in [1.807, 2.05) is 60.7 Å². The van der Waals surface area contributed by atoms with Crippen LogP contribution in [0.25, 0.3) is 10.8 Å². The molecule has 25 heavy (non-hydrogen) atoms. The molecule has 0 aliphatic rings. The molecule has 0 fully saturated rings. The van der Waals surface area contributed by atoms with E-state index < -0.39 is 0 Å². The Bertz CT molecular complexity index is 967. The Labute approximate surface area is 148 Å². The van der Waals surface area contributed by atoms with E-state index in [1.54, 1.807) is 7.11 Å². The van der Waals surface area contributed by atoms with Gasteiger partial charge >= 0.3 is 0 Å². The number of hydrogen-bond donors (Lipinski definition) is 0. The predicted molar refractivity (Wildman–Crippen MR) is 102 cm³/mol. The average molecular weight is 326 g/mol. The summed E-state index contributed by atoms with van der Waals surface area (Å²) >= 11 is 0. The molecule has 0 spiro atoms. The van der Waals surface area contributed by atoms with Gasteiger partial charge in [0.05, 0.1) is 7.11 Å². The molecule has 0 radical (unpaired) electrons. The Hall–Kier alpha value is -3.20. The minimum absolute atomic E-state index is 0.365. The first-order valence-electron chi connectivity index (χ1n) is 8.03. The molecule has 0 saturated carbocycles. The standard InChI is InChI=1S/C23H18O2/c1-24-23-14-13-21-17-20(11-12-22(21)18-23)10-6-16-25-15-5-9-19-7-3-2-4-8-19/h2-4,7-8,11-14,17-18H,15-16H2,1H3. The molecular weight excluding hydrogens is 308 g/mol. The summed E-state index contributed by atoms with van der Waals surface area (Å²) in [7, 11) is 1.67. The van der Waals surface area contributed by atoms with Crippen LogP contribution in [0.2, 0.25) is 0 Å². The fraction of sp³-hybridized carbons (Fsp3) is 0.130. The maximum atomic E-state index is 5.43. The molecule has 3 aromatic carbocycles. The highest BCUT2D eigenvalue weighted by atomic mass is 16.5. The second-order valence-electron chi connectivity index (χ2n) is 5.39. The summed E-state index contributed by atoms with van der Waals surface area (Å²) in [6.07, 6.45) is 0. The van der Waals surface area contributed by atoms with Gasteiger partial charge in [-0.3, -0.25) is 0 Å². The van der Waals surface area contributed by atoms with Gasteiger partial charge in [-0.2, -0.15) is 0 Å². The van der Waals surface area contributed by atoms with E-state index >= 15 is 0 Å². The van der Waals surface area contributed by atoms with Crippen LogP contribution in [-0.2, 0) is 4.74 Å². The lowest BCUT2D eigenvalue weighted by Crippen LogP contribution is -1.91. The van der Waals surface area contributed by atoms with Crippen molar-refractivity contribution in [2.75, 3.05) is 20.3 Å². The minimum atomic E-state index is 0.365. The van der Waals surface area contributed by atoms with Crippen molar-refractivity contribution in [2.45, 2.75) is 0 Å². The van der Waals surface area contributed by atoms with E-state index in [1.165, 1.54) is 0 Å². The van der Waals surface area contributed by atoms with E-state index in [-0.39, 0.29) is 0 Å². The highest BCUT2D eigenvalue weighted by molar-refractivity contribution is 5.85. The van der Waals surface area contributed by atoms with Gasteiger partial charge < -0.3 is 9.47 Å². The van der Waals surface area contributed by atoms with Crippen molar-refractivity contribution in [3.63, 3.8) is 0 Å². The largest absolute Gasteiger partial charge is 0.497 e. The average Bonchev–Trinajstić information content (AvgIpc) is 2.67. The predicted octanol–water partition coefficient (Wildman–Crippen LogP) is 4.27. The van der Waals surface area contributed by atoms with Crippen molar-refractivity contribution < 1.29 is 9.47 Å². The molecule has 0 atom stereocenters. The summed E-state index contributed by atoms with van der Waals surface area (Å²) < 4.78 is 10.7. The van der Waals surface area contributed by atoms with Crippen LogP contribution in [-0.4, -0.2) is 20.3 Å². The van der Waals surface area contributed by atoms with E-state index in [9.17, 15) is 0 Å². The third kappa shape index (κ3) is 4.88. The Kier molecular flexibility index (Phi) is 5.73. The number of benzene rings is 3. The summed E-state index contributed by atoms with van der Waals surface area (Å²) in [6.45, 7) is 0.741. The van der Waals surface area contributed by atoms with Gasteiger partial charge in [-0.05, 0) is 47.2 Å². The lowest BCUT2D eigenvalue weighted by Gasteiger charge is -2.02. The van der Waals surface area contributed by atoms with Crippen LogP contribution in [0, 0.1) is 23.7 Å². The van der Waals surface area contributed by atoms with E-state index in [0.717, 1.165) is 27.6 Å². The third-order valence-electron chi connectivity index (χ3n) is 3.64. The number of rotatable bonds is 3. The summed E-state index contributed by atoms with van der Waals surface area (Å²) in [5.74, 6) is 13.0. The lowest BCUT2D eigenvalue weighted by atomic mass is 10.1. The molecule has 3 rings (SSSR count). The normalized spacial score (nSPS) is 9.64. The topological polar surface area (TPSA) is 18.5 Å². The van der Waals surface area contributed by atoms with Crippen molar-refractivity contribution in [1.29, 1.82) is 0 Å². The molecule has 0 heterocycles. The molecule has 122 valence electrons. The van der Waals surface area contributed by atoms with Crippen LogP contribution in [0.1, 0.15) is 11.1 Å². The monoisotopic (exact) mass is 326 g/mol. The highest BCUT2D eigenvalue weighted by Gasteiger charge is 1.97. The Balaban J connectivity index is 1.53. The minimum Gasteiger partial charge on any atom is -0.497 e. The van der Waals surface area contributed by atoms with Gasteiger partial charge in [0.25, 0.3) is 0 Å². The molecule has 0 bridgehead atoms. The van der Waals surface area contributed by atoms with E-state index in [2.05, 4.69) is 29.7 Å². The van der Waals surface area contributed by atoms with Crippen LogP contribution in [0.5, 0.6) is 5.75 Å². The van der Waals surface area contributed by atoms with Crippen LogP contribution in [0.4, 0.5) is 0 Å². The zero-order valence-electron chi connectivity index (χ0n) is 14.1. The van der Waals surface area contributed by atoms with Gasteiger partial charge in [-0.25, -0.2) is 0 Å². The number of fused-ring (bicyclic) bond motifs is 1. The van der Waals surface area contributed by atoms with Gasteiger partial charge in [-0.1, -0.05) is 54.0 Å². The molecule has 0 saturated heterocycles. The van der Waals surface area contributed by atoms with Crippen LogP contribution < -0.4 is 4.74 Å². The van der Waals surface area contributed by atoms with Gasteiger partial charge in [0.1, 0.15) is 19.0 Å². The van der Waals surface area contributed by atoms with Crippen molar-refractivity contribution in [3.05, 3.63) is 77.9 Å². The quantitative estimate of drug-likeness (QED) is 0.529. The first-order valence-corrected chi connectivity index (χ1v) is 8.03. The molecule has 0 aliphatic carbocycles. The second kappa shape index (κ2) is 8.60. The summed E-state index contributed by atoms with van der Waals surface area (Å²) in [6, 6.07) is 22.0. The summed E-state index contributed by atoms with van der Waals surface area (Å²) in [4.78, 5) is 0. The van der Waals surface area contributed by atoms with Gasteiger partial charge in [0.2, 0.25) is 0 Å². The number of hydrogen-bond acceptors (Lipinski definition) is 2. The first-order chi connectivity index (χ1) is 12.3. The Morgan fingerprint density at radius 2 is 1.40 bits per heavy atom. The van der Waals surface area contributed by atoms with Crippen LogP contribution >= 0.6 is 0 Å². The van der Waals surface area contributed by atoms with Crippen molar-refractivity contribution in [2.24, 2.45) is 0 Å². The molecule has 3 aromatic rings. The zero-order chi connectivity index (χ0) is 17.3. The van der Waals surface area contributed by atoms with Crippen molar-refractivity contribution in [3.8, 4) is 29.4 Å². The molecule has 0 N–H and O–H groups in total. The fourth-order valence-corrected chi connectivity index (χ4v) is 2.38. The maximum absolute atomic E-state index is 5.43. The molecule has 2 nitrogen and oxygen atoms in total. The highest BCUT2D eigenvalue weighted by Crippen LogP contribution is 2.21. The Morgan fingerprint density at radius 1 is 0.720 bits per heavy atom. The zero-order valence-corrected chi connectivity index (χ0v) is 14.1. The first kappa shape index (κ1) is 16.7. The Morgan fingerprint density at radius 3 is 2.16 bits per heavy atom. The molecule has 0 amide bonds. The molecule has 0 aliphatic heterocycles. The lowest BCUT2D eigenvalue weighted by molar-refractivity contribution is 0.204. The third-order valence-corrected chi connectivity index (χ3v) is 3.64. The van der Waals surface area contributed by atoms with E-state index in [4.69, 9.17) is 9.47 Å². The van der Waals surface area contributed by atoms with Gasteiger partial charge in [0, 0.05) is 11.1 Å². The maximum Gasteiger partial charge on any atom is 0.119 e. The smallest absolute Gasteiger partial charge is 0.119 e. The van der Waals surface area contributed by atoms with Crippen LogP contribution in [0.3, 0.4) is 0 Å². The van der Waals surface area contributed by atoms with Gasteiger partial charge in [-0.15, -0.1) is 0 Å². The molecule has 0 unspecified atom stereocenters. The fourth-order valence-electron chi connectivity index (χ4n) is 2.38. The van der Waals surface area contributed by atoms with Crippen molar-refractivity contribution in [1.82, 2.24) is 0 Å². The van der Waals surface area contributed by atoms with Crippen LogP contribution in [0.15, 0.2) is 66.7 Å². The SMILES string of the molecule is COc1ccc2cc(C#CCOCC#Cc3ccccc3)ccc2c1. The molecule has 0 aromatic heterocycles. The molecular formula is C23H18O2. The van der Waals surface area contributed by atoms with Crippen molar-refractivity contribution >= 4 is 10.8 Å². The number of methoxy groups -OCH3 is 1. The molecule has 2 heteroatoms. The second-order valence-corrected chi connectivity index (χ2v) is 5.39. The number of ether oxygens (including phenoxy) is 2. The van der Waals surface area contributed by atoms with E-state index in [0.29, 0.717) is 13.2 Å². The summed E-state index contributed by atoms with van der Waals surface area (Å²) in [5.41, 5.74) is 1.96. The summed E-state index contributed by atoms with van der Waals surface area (Å²) in [5, 5.41) is 2.28. The van der Waals surface area contributed by atoms with Gasteiger partial charge in [0.15, 0.2) is 0 Å².